The highest BCUT2D eigenvalue weighted by Gasteiger charge is 2.31. The lowest BCUT2D eigenvalue weighted by Gasteiger charge is -2.23. The molecule has 1 aromatic heterocycles. The molecule has 0 saturated heterocycles. The molecule has 3 aromatic carbocycles. The molecule has 1 aliphatic carbocycles. The van der Waals surface area contributed by atoms with Gasteiger partial charge in [-0.2, -0.15) is 0 Å². The van der Waals surface area contributed by atoms with Crippen LogP contribution in [0.2, 0.25) is 0 Å². The summed E-state index contributed by atoms with van der Waals surface area (Å²) in [4.78, 5) is 15.0. The molecule has 0 saturated carbocycles. The number of ether oxygens (including phenoxy) is 1. The Balaban J connectivity index is 1.10. The Morgan fingerprint density at radius 3 is 2.56 bits per heavy atom. The first kappa shape index (κ1) is 23.7. The third kappa shape index (κ3) is 5.44. The monoisotopic (exact) mass is 479 g/mol. The van der Waals surface area contributed by atoms with Crippen LogP contribution in [0.1, 0.15) is 28.2 Å². The Morgan fingerprint density at radius 2 is 1.81 bits per heavy atom. The van der Waals surface area contributed by atoms with E-state index in [1.54, 1.807) is 5.48 Å². The average molecular weight is 480 g/mol. The molecule has 5 rings (SSSR count). The third-order valence-corrected chi connectivity index (χ3v) is 6.60. The minimum atomic E-state index is -0.482. The Morgan fingerprint density at radius 1 is 0.972 bits per heavy atom. The summed E-state index contributed by atoms with van der Waals surface area (Å²) in [6.07, 6.45) is 3.87. The first-order valence-corrected chi connectivity index (χ1v) is 12.2. The molecule has 0 aliphatic heterocycles. The minimum Gasteiger partial charge on any atom is -0.493 e. The molecular formula is C30H29N3O3. The van der Waals surface area contributed by atoms with E-state index in [0.717, 1.165) is 42.8 Å². The molecule has 1 heterocycles. The average Bonchev–Trinajstić information content (AvgIpc) is 3.29. The fraction of sp³-hybridized carbons (Fsp3) is 0.233. The molecule has 36 heavy (non-hydrogen) atoms. The van der Waals surface area contributed by atoms with E-state index in [9.17, 15) is 4.79 Å². The molecule has 4 N–H and O–H groups in total. The summed E-state index contributed by atoms with van der Waals surface area (Å²) < 4.78 is 6.02. The molecule has 2 atom stereocenters. The van der Waals surface area contributed by atoms with Gasteiger partial charge < -0.3 is 15.0 Å². The number of hydroxylamine groups is 1. The van der Waals surface area contributed by atoms with Crippen LogP contribution < -0.4 is 15.5 Å². The largest absolute Gasteiger partial charge is 0.493 e. The summed E-state index contributed by atoms with van der Waals surface area (Å²) in [5, 5.41) is 13.5. The fourth-order valence-corrected chi connectivity index (χ4v) is 4.50. The van der Waals surface area contributed by atoms with Gasteiger partial charge in [-0.1, -0.05) is 66.4 Å². The third-order valence-electron chi connectivity index (χ3n) is 6.60. The second-order valence-corrected chi connectivity index (χ2v) is 8.99. The van der Waals surface area contributed by atoms with E-state index in [4.69, 9.17) is 9.94 Å². The highest BCUT2D eigenvalue weighted by atomic mass is 16.5. The number of hydrogen-bond acceptors (Lipinski definition) is 4. The smallest absolute Gasteiger partial charge is 0.260 e. The lowest BCUT2D eigenvalue weighted by Crippen LogP contribution is -2.34. The zero-order valence-corrected chi connectivity index (χ0v) is 20.0. The highest BCUT2D eigenvalue weighted by molar-refractivity contribution is 5.85. The number of hydrogen-bond donors (Lipinski definition) is 4. The zero-order valence-electron chi connectivity index (χ0n) is 20.0. The second kappa shape index (κ2) is 11.1. The highest BCUT2D eigenvalue weighted by Crippen LogP contribution is 2.30. The van der Waals surface area contributed by atoms with Crippen LogP contribution in [0, 0.1) is 17.8 Å². The van der Waals surface area contributed by atoms with Crippen LogP contribution in [-0.2, 0) is 24.2 Å². The zero-order chi connectivity index (χ0) is 24.7. The second-order valence-electron chi connectivity index (χ2n) is 8.99. The predicted molar refractivity (Wildman–Crippen MR) is 140 cm³/mol. The van der Waals surface area contributed by atoms with Gasteiger partial charge in [0.1, 0.15) is 11.7 Å². The van der Waals surface area contributed by atoms with Gasteiger partial charge in [-0.25, -0.2) is 5.48 Å². The van der Waals surface area contributed by atoms with E-state index in [1.807, 2.05) is 24.3 Å². The van der Waals surface area contributed by atoms with Crippen molar-refractivity contribution < 1.29 is 14.7 Å². The van der Waals surface area contributed by atoms with Gasteiger partial charge in [-0.05, 0) is 53.4 Å². The Kier molecular flexibility index (Phi) is 7.32. The van der Waals surface area contributed by atoms with E-state index in [0.29, 0.717) is 6.61 Å². The summed E-state index contributed by atoms with van der Waals surface area (Å²) in [5.74, 6) is 5.60. The number of aromatic amines is 1. The van der Waals surface area contributed by atoms with E-state index in [-0.39, 0.29) is 5.92 Å². The van der Waals surface area contributed by atoms with Crippen LogP contribution >= 0.6 is 0 Å². The van der Waals surface area contributed by atoms with Crippen molar-refractivity contribution in [2.45, 2.75) is 25.3 Å². The molecule has 1 amide bonds. The first-order valence-electron chi connectivity index (χ1n) is 12.2. The van der Waals surface area contributed by atoms with Gasteiger partial charge in [0.05, 0.1) is 12.5 Å². The lowest BCUT2D eigenvalue weighted by molar-refractivity contribution is -0.132. The van der Waals surface area contributed by atoms with Gasteiger partial charge in [0, 0.05) is 30.1 Å². The Hall–Kier alpha value is -4.05. The molecule has 0 radical (unpaired) electrons. The molecular weight excluding hydrogens is 450 g/mol. The number of carbonyl (C=O) groups is 1. The van der Waals surface area contributed by atoms with Crippen molar-refractivity contribution in [3.63, 3.8) is 0 Å². The molecule has 6 nitrogen and oxygen atoms in total. The van der Waals surface area contributed by atoms with Crippen molar-refractivity contribution in [3.8, 4) is 17.6 Å². The maximum absolute atomic E-state index is 11.6. The topological polar surface area (TPSA) is 86.4 Å². The molecule has 4 aromatic rings. The molecule has 0 spiro atoms. The van der Waals surface area contributed by atoms with Gasteiger partial charge in [-0.3, -0.25) is 10.0 Å². The van der Waals surface area contributed by atoms with Gasteiger partial charge in [-0.15, -0.1) is 0 Å². The van der Waals surface area contributed by atoms with Crippen LogP contribution in [0.15, 0.2) is 79.0 Å². The normalized spacial score (nSPS) is 16.1. The quantitative estimate of drug-likeness (QED) is 0.112. The maximum atomic E-state index is 11.6. The Bertz CT molecular complexity index is 1380. The maximum Gasteiger partial charge on any atom is 0.260 e. The van der Waals surface area contributed by atoms with E-state index in [1.165, 1.54) is 22.1 Å². The summed E-state index contributed by atoms with van der Waals surface area (Å²) in [5.41, 5.74) is 7.50. The van der Waals surface area contributed by atoms with Gasteiger partial charge in [0.15, 0.2) is 0 Å². The number of carbonyl (C=O) groups excluding carboxylic acids is 1. The fourth-order valence-electron chi connectivity index (χ4n) is 4.50. The van der Waals surface area contributed by atoms with Crippen LogP contribution in [0.4, 0.5) is 0 Å². The van der Waals surface area contributed by atoms with Crippen LogP contribution in [0.5, 0.6) is 5.75 Å². The van der Waals surface area contributed by atoms with E-state index >= 15 is 0 Å². The molecule has 0 fully saturated rings. The standard InChI is InChI=1S/C30H29N3O3/c34-30(33-35)27-12-11-26(27)23-8-6-22(7-9-23)19-31-16-14-24-20-32-29-13-10-25(18-28(24)29)36-17-15-21-4-2-1-3-5-21/h1-10,13,18,20,26-27,31-32,35H,14-17,19H2,(H,33,34). The number of rotatable bonds is 11. The van der Waals surface area contributed by atoms with E-state index in [2.05, 4.69) is 76.9 Å². The predicted octanol–water partition coefficient (Wildman–Crippen LogP) is 4.34. The van der Waals surface area contributed by atoms with Crippen LogP contribution in [0.25, 0.3) is 10.9 Å². The summed E-state index contributed by atoms with van der Waals surface area (Å²) >= 11 is 0. The number of amides is 1. The van der Waals surface area contributed by atoms with Crippen molar-refractivity contribution in [1.29, 1.82) is 0 Å². The number of fused-ring (bicyclic) bond motifs is 1. The molecule has 2 unspecified atom stereocenters. The van der Waals surface area contributed by atoms with Crippen molar-refractivity contribution in [1.82, 2.24) is 15.8 Å². The number of nitrogens with one attached hydrogen (secondary N) is 3. The van der Waals surface area contributed by atoms with Crippen molar-refractivity contribution >= 4 is 16.8 Å². The van der Waals surface area contributed by atoms with E-state index < -0.39 is 11.8 Å². The Labute approximate surface area is 210 Å². The first-order chi connectivity index (χ1) is 17.7. The minimum absolute atomic E-state index is 0.159. The van der Waals surface area contributed by atoms with Crippen LogP contribution in [-0.4, -0.2) is 29.3 Å². The number of benzene rings is 3. The molecule has 1 aliphatic rings. The van der Waals surface area contributed by atoms with Crippen molar-refractivity contribution in [3.05, 3.63) is 101 Å². The summed E-state index contributed by atoms with van der Waals surface area (Å²) in [6.45, 7) is 2.26. The van der Waals surface area contributed by atoms with Crippen molar-refractivity contribution in [2.24, 2.45) is 5.92 Å². The van der Waals surface area contributed by atoms with Crippen LogP contribution in [0.3, 0.4) is 0 Å². The number of H-pyrrole nitrogens is 1. The number of aromatic nitrogens is 1. The van der Waals surface area contributed by atoms with Gasteiger partial charge in [0.2, 0.25) is 0 Å². The summed E-state index contributed by atoms with van der Waals surface area (Å²) in [6, 6.07) is 24.7. The summed E-state index contributed by atoms with van der Waals surface area (Å²) in [7, 11) is 0. The lowest BCUT2D eigenvalue weighted by atomic mass is 9.79. The molecule has 6 heteroatoms. The molecule has 0 bridgehead atoms. The van der Waals surface area contributed by atoms with Gasteiger partial charge >= 0.3 is 0 Å². The van der Waals surface area contributed by atoms with Gasteiger partial charge in [0.25, 0.3) is 5.91 Å². The molecule has 182 valence electrons. The van der Waals surface area contributed by atoms with Crippen molar-refractivity contribution in [2.75, 3.05) is 13.2 Å². The SMILES string of the molecule is O=C(NO)C1C#CC1c1ccc(CNCCc2c[nH]c3ccc(OCCc4ccccc4)cc23)cc1.